The molecule has 0 aliphatic rings. The van der Waals surface area contributed by atoms with Crippen LogP contribution < -0.4 is 5.32 Å². The average molecular weight is 176 g/mol. The highest BCUT2D eigenvalue weighted by molar-refractivity contribution is 5.85. The van der Waals surface area contributed by atoms with Crippen molar-refractivity contribution in [2.45, 2.75) is 6.92 Å². The largest absolute Gasteiger partial charge is 0.386 e. The first-order valence-electron chi connectivity index (χ1n) is 3.18. The van der Waals surface area contributed by atoms with Crippen LogP contribution in [0, 0.1) is 12.7 Å². The normalized spacial score (nSPS) is 8.64. The maximum atomic E-state index is 12.9. The van der Waals surface area contributed by atoms with Crippen molar-refractivity contribution in [3.63, 3.8) is 0 Å². The Kier molecular flexibility index (Phi) is 3.90. The van der Waals surface area contributed by atoms with Crippen LogP contribution >= 0.6 is 12.4 Å². The number of hydrogen-bond acceptors (Lipinski definition) is 1. The van der Waals surface area contributed by atoms with Gasteiger partial charge in [0.1, 0.15) is 5.82 Å². The van der Waals surface area contributed by atoms with Gasteiger partial charge in [-0.25, -0.2) is 4.39 Å². The minimum atomic E-state index is -0.162. The summed E-state index contributed by atoms with van der Waals surface area (Å²) in [6, 6.07) is 5.28. The quantitative estimate of drug-likeness (QED) is 0.692. The zero-order valence-corrected chi connectivity index (χ0v) is 7.33. The van der Waals surface area contributed by atoms with Gasteiger partial charge in [0.2, 0.25) is 0 Å². The highest BCUT2D eigenvalue weighted by atomic mass is 35.5. The molecule has 0 aliphatic carbocycles. The zero-order valence-electron chi connectivity index (χ0n) is 6.52. The monoisotopic (exact) mass is 175 g/mol. The summed E-state index contributed by atoms with van der Waals surface area (Å²) in [7, 11) is 1.71. The summed E-state index contributed by atoms with van der Waals surface area (Å²) in [5.74, 6) is -0.162. The predicted molar refractivity (Wildman–Crippen MR) is 47.9 cm³/mol. The highest BCUT2D eigenvalue weighted by Gasteiger charge is 2.00. The number of anilines is 1. The molecule has 1 rings (SSSR count). The standard InChI is InChI=1S/C8H10FN.ClH/c1-6-4-3-5-7(10-2)8(6)9;/h3-5,10H,1-2H3;1H. The van der Waals surface area contributed by atoms with Crippen molar-refractivity contribution in [3.05, 3.63) is 29.6 Å². The first-order chi connectivity index (χ1) is 4.75. The first kappa shape index (κ1) is 10.2. The number of halogens is 2. The fourth-order valence-corrected chi connectivity index (χ4v) is 0.841. The molecule has 0 amide bonds. The molecule has 1 nitrogen and oxygen atoms in total. The van der Waals surface area contributed by atoms with Crippen LogP contribution in [0.3, 0.4) is 0 Å². The molecule has 11 heavy (non-hydrogen) atoms. The molecule has 0 unspecified atom stereocenters. The van der Waals surface area contributed by atoms with Gasteiger partial charge < -0.3 is 5.32 Å². The SMILES string of the molecule is CNc1cccc(C)c1F.Cl. The summed E-state index contributed by atoms with van der Waals surface area (Å²) in [6.07, 6.45) is 0. The predicted octanol–water partition coefficient (Wildman–Crippen LogP) is 2.60. The minimum Gasteiger partial charge on any atom is -0.386 e. The minimum absolute atomic E-state index is 0. The molecule has 0 bridgehead atoms. The highest BCUT2D eigenvalue weighted by Crippen LogP contribution is 2.15. The molecule has 1 aromatic carbocycles. The molecule has 1 N–H and O–H groups in total. The van der Waals surface area contributed by atoms with Crippen LogP contribution in [0.15, 0.2) is 18.2 Å². The topological polar surface area (TPSA) is 12.0 Å². The Hall–Kier alpha value is -0.760. The van der Waals surface area contributed by atoms with Crippen LogP contribution in [0.5, 0.6) is 0 Å². The van der Waals surface area contributed by atoms with Gasteiger partial charge in [-0.05, 0) is 18.6 Å². The van der Waals surface area contributed by atoms with Gasteiger partial charge in [0.15, 0.2) is 0 Å². The molecule has 1 aromatic rings. The molecular formula is C8H11ClFN. The summed E-state index contributed by atoms with van der Waals surface area (Å²) >= 11 is 0. The lowest BCUT2D eigenvalue weighted by atomic mass is 10.2. The van der Waals surface area contributed by atoms with Crippen molar-refractivity contribution >= 4 is 18.1 Å². The van der Waals surface area contributed by atoms with E-state index < -0.39 is 0 Å². The smallest absolute Gasteiger partial charge is 0.149 e. The van der Waals surface area contributed by atoms with E-state index in [-0.39, 0.29) is 18.2 Å². The Bertz CT molecular complexity index is 238. The number of hydrogen-bond donors (Lipinski definition) is 1. The molecule has 0 heterocycles. The van der Waals surface area contributed by atoms with Crippen LogP contribution in [0.1, 0.15) is 5.56 Å². The van der Waals surface area contributed by atoms with E-state index in [1.165, 1.54) is 0 Å². The van der Waals surface area contributed by atoms with Crippen LogP contribution in [0.4, 0.5) is 10.1 Å². The van der Waals surface area contributed by atoms with E-state index in [1.807, 2.05) is 6.07 Å². The second kappa shape index (κ2) is 4.19. The number of rotatable bonds is 1. The van der Waals surface area contributed by atoms with E-state index in [0.29, 0.717) is 11.3 Å². The zero-order chi connectivity index (χ0) is 7.56. The Labute approximate surface area is 72.0 Å². The van der Waals surface area contributed by atoms with Crippen molar-refractivity contribution in [1.29, 1.82) is 0 Å². The van der Waals surface area contributed by atoms with Crippen molar-refractivity contribution in [2.75, 3.05) is 12.4 Å². The van der Waals surface area contributed by atoms with Gasteiger partial charge in [-0.15, -0.1) is 12.4 Å². The van der Waals surface area contributed by atoms with Gasteiger partial charge in [0, 0.05) is 7.05 Å². The molecule has 0 aromatic heterocycles. The van der Waals surface area contributed by atoms with E-state index >= 15 is 0 Å². The van der Waals surface area contributed by atoms with E-state index in [0.717, 1.165) is 0 Å². The molecule has 0 radical (unpaired) electrons. The summed E-state index contributed by atoms with van der Waals surface area (Å²) in [5.41, 5.74) is 1.23. The lowest BCUT2D eigenvalue weighted by Gasteiger charge is -2.02. The molecule has 0 saturated carbocycles. The summed E-state index contributed by atoms with van der Waals surface area (Å²) in [4.78, 5) is 0. The lowest BCUT2D eigenvalue weighted by Crippen LogP contribution is -1.93. The average Bonchev–Trinajstić information content (AvgIpc) is 1.95. The summed E-state index contributed by atoms with van der Waals surface area (Å²) < 4.78 is 12.9. The molecule has 0 saturated heterocycles. The third kappa shape index (κ3) is 2.09. The third-order valence-electron chi connectivity index (χ3n) is 1.46. The van der Waals surface area contributed by atoms with Gasteiger partial charge in [-0.2, -0.15) is 0 Å². The van der Waals surface area contributed by atoms with Crippen molar-refractivity contribution in [2.24, 2.45) is 0 Å². The Balaban J connectivity index is 0.000001000. The molecule has 0 fully saturated rings. The maximum Gasteiger partial charge on any atom is 0.149 e. The van der Waals surface area contributed by atoms with E-state index in [9.17, 15) is 4.39 Å². The van der Waals surface area contributed by atoms with Crippen molar-refractivity contribution in [1.82, 2.24) is 0 Å². The Morgan fingerprint density at radius 2 is 2.00 bits per heavy atom. The van der Waals surface area contributed by atoms with Crippen LogP contribution in [-0.2, 0) is 0 Å². The number of nitrogens with one attached hydrogen (secondary N) is 1. The van der Waals surface area contributed by atoms with E-state index in [4.69, 9.17) is 0 Å². The maximum absolute atomic E-state index is 12.9. The number of benzene rings is 1. The van der Waals surface area contributed by atoms with Crippen LogP contribution in [-0.4, -0.2) is 7.05 Å². The molecule has 62 valence electrons. The van der Waals surface area contributed by atoms with Crippen molar-refractivity contribution < 1.29 is 4.39 Å². The molecule has 0 spiro atoms. The van der Waals surface area contributed by atoms with E-state index in [2.05, 4.69) is 5.32 Å². The van der Waals surface area contributed by atoms with Crippen molar-refractivity contribution in [3.8, 4) is 0 Å². The van der Waals surface area contributed by atoms with Crippen LogP contribution in [0.2, 0.25) is 0 Å². The Morgan fingerprint density at radius 3 is 2.45 bits per heavy atom. The van der Waals surface area contributed by atoms with Gasteiger partial charge in [0.05, 0.1) is 5.69 Å². The second-order valence-corrected chi connectivity index (χ2v) is 2.19. The van der Waals surface area contributed by atoms with Crippen LogP contribution in [0.25, 0.3) is 0 Å². The van der Waals surface area contributed by atoms with Gasteiger partial charge >= 0.3 is 0 Å². The second-order valence-electron chi connectivity index (χ2n) is 2.19. The molecule has 0 aliphatic heterocycles. The molecule has 0 atom stereocenters. The fraction of sp³-hybridized carbons (Fsp3) is 0.250. The van der Waals surface area contributed by atoms with Gasteiger partial charge in [0.25, 0.3) is 0 Å². The summed E-state index contributed by atoms with van der Waals surface area (Å²) in [6.45, 7) is 1.75. The fourth-order valence-electron chi connectivity index (χ4n) is 0.841. The number of aryl methyl sites for hydroxylation is 1. The lowest BCUT2D eigenvalue weighted by molar-refractivity contribution is 0.622. The summed E-state index contributed by atoms with van der Waals surface area (Å²) in [5, 5.41) is 2.76. The molecule has 3 heteroatoms. The van der Waals surface area contributed by atoms with Gasteiger partial charge in [-0.1, -0.05) is 12.1 Å². The Morgan fingerprint density at radius 1 is 1.36 bits per heavy atom. The third-order valence-corrected chi connectivity index (χ3v) is 1.46. The van der Waals surface area contributed by atoms with Gasteiger partial charge in [-0.3, -0.25) is 0 Å². The molecular weight excluding hydrogens is 165 g/mol. The first-order valence-corrected chi connectivity index (χ1v) is 3.18. The van der Waals surface area contributed by atoms with E-state index in [1.54, 1.807) is 26.1 Å².